The van der Waals surface area contributed by atoms with Crippen molar-refractivity contribution in [1.82, 2.24) is 4.90 Å². The van der Waals surface area contributed by atoms with E-state index in [4.69, 9.17) is 0 Å². The molecule has 0 saturated heterocycles. The minimum Gasteiger partial charge on any atom is -0.346 e. The maximum absolute atomic E-state index is 11.8. The number of amides is 1. The van der Waals surface area contributed by atoms with Crippen molar-refractivity contribution in [3.8, 4) is 0 Å². The van der Waals surface area contributed by atoms with Gasteiger partial charge in [0.1, 0.15) is 0 Å². The molecule has 0 N–H and O–H groups in total. The van der Waals surface area contributed by atoms with Crippen LogP contribution in [0, 0.1) is 11.3 Å². The average molecular weight is 255 g/mol. The molecule has 2 nitrogen and oxygen atoms in total. The smallest absolute Gasteiger partial charge is 0.222 e. The van der Waals surface area contributed by atoms with Gasteiger partial charge in [0, 0.05) is 20.0 Å². The molecule has 0 aliphatic heterocycles. The van der Waals surface area contributed by atoms with Crippen molar-refractivity contribution in [3.05, 3.63) is 0 Å². The summed E-state index contributed by atoms with van der Waals surface area (Å²) < 4.78 is 0. The summed E-state index contributed by atoms with van der Waals surface area (Å²) in [7, 11) is 1.93. The van der Waals surface area contributed by atoms with E-state index in [1.807, 2.05) is 11.9 Å². The van der Waals surface area contributed by atoms with Gasteiger partial charge >= 0.3 is 0 Å². The van der Waals surface area contributed by atoms with Crippen LogP contribution in [0.2, 0.25) is 0 Å². The first-order valence-corrected chi connectivity index (χ1v) is 7.46. The van der Waals surface area contributed by atoms with Crippen molar-refractivity contribution >= 4 is 5.91 Å². The first-order valence-electron chi connectivity index (χ1n) is 7.46. The van der Waals surface area contributed by atoms with Crippen molar-refractivity contribution in [2.24, 2.45) is 11.3 Å². The summed E-state index contributed by atoms with van der Waals surface area (Å²) in [6.07, 6.45) is 6.55. The fourth-order valence-electron chi connectivity index (χ4n) is 1.88. The molecular formula is C16H33NO. The second-order valence-electron chi connectivity index (χ2n) is 7.12. The molecular weight excluding hydrogens is 222 g/mol. The number of nitrogens with zero attached hydrogens (tertiary/aromatic N) is 1. The normalized spacial score (nSPS) is 11.9. The van der Waals surface area contributed by atoms with Gasteiger partial charge in [-0.1, -0.05) is 47.5 Å². The van der Waals surface area contributed by atoms with Gasteiger partial charge < -0.3 is 4.90 Å². The predicted molar refractivity (Wildman–Crippen MR) is 79.6 cm³/mol. The monoisotopic (exact) mass is 255 g/mol. The highest BCUT2D eigenvalue weighted by Crippen LogP contribution is 2.22. The third-order valence-corrected chi connectivity index (χ3v) is 3.29. The lowest BCUT2D eigenvalue weighted by molar-refractivity contribution is -0.130. The third-order valence-electron chi connectivity index (χ3n) is 3.29. The Bertz CT molecular complexity index is 228. The van der Waals surface area contributed by atoms with Crippen molar-refractivity contribution in [2.75, 3.05) is 13.6 Å². The molecule has 0 fully saturated rings. The Kier molecular flexibility index (Phi) is 8.30. The Hall–Kier alpha value is -0.530. The maximum Gasteiger partial charge on any atom is 0.222 e. The number of rotatable bonds is 8. The van der Waals surface area contributed by atoms with Gasteiger partial charge in [-0.2, -0.15) is 0 Å². The summed E-state index contributed by atoms with van der Waals surface area (Å²) in [5.41, 5.74) is 0.429. The third kappa shape index (κ3) is 10.6. The average Bonchev–Trinajstić information content (AvgIpc) is 2.23. The van der Waals surface area contributed by atoms with Gasteiger partial charge in [0.05, 0.1) is 0 Å². The quantitative estimate of drug-likeness (QED) is 0.585. The van der Waals surface area contributed by atoms with Gasteiger partial charge in [0.25, 0.3) is 0 Å². The zero-order valence-corrected chi connectivity index (χ0v) is 13.4. The van der Waals surface area contributed by atoms with Crippen LogP contribution in [0.1, 0.15) is 73.1 Å². The van der Waals surface area contributed by atoms with Crippen LogP contribution in [-0.4, -0.2) is 24.4 Å². The summed E-state index contributed by atoms with van der Waals surface area (Å²) in [6.45, 7) is 12.1. The van der Waals surface area contributed by atoms with E-state index in [1.165, 1.54) is 19.3 Å². The molecule has 0 spiro atoms. The molecule has 1 amide bonds. The maximum atomic E-state index is 11.8. The number of carbonyl (C=O) groups is 1. The Labute approximate surface area is 114 Å². The summed E-state index contributed by atoms with van der Waals surface area (Å²) >= 11 is 0. The van der Waals surface area contributed by atoms with Crippen LogP contribution < -0.4 is 0 Å². The van der Waals surface area contributed by atoms with Crippen LogP contribution in [0.3, 0.4) is 0 Å². The first kappa shape index (κ1) is 17.5. The molecule has 0 aromatic rings. The fraction of sp³-hybridized carbons (Fsp3) is 0.938. The second kappa shape index (κ2) is 8.55. The highest BCUT2D eigenvalue weighted by molar-refractivity contribution is 5.75. The van der Waals surface area contributed by atoms with E-state index >= 15 is 0 Å². The first-order chi connectivity index (χ1) is 8.22. The lowest BCUT2D eigenvalue weighted by Crippen LogP contribution is -2.28. The fourth-order valence-corrected chi connectivity index (χ4v) is 1.88. The molecule has 0 aromatic heterocycles. The number of hydrogen-bond donors (Lipinski definition) is 0. The van der Waals surface area contributed by atoms with Crippen molar-refractivity contribution < 1.29 is 4.79 Å². The molecule has 0 rings (SSSR count). The topological polar surface area (TPSA) is 20.3 Å². The minimum absolute atomic E-state index is 0.311. The molecule has 0 bridgehead atoms. The Morgan fingerprint density at radius 1 is 1.11 bits per heavy atom. The molecule has 18 heavy (non-hydrogen) atoms. The number of unbranched alkanes of at least 4 members (excludes halogenated alkanes) is 2. The van der Waals surface area contributed by atoms with Crippen LogP contribution >= 0.6 is 0 Å². The Balaban J connectivity index is 3.58. The predicted octanol–water partition coefficient (Wildman–Crippen LogP) is 4.49. The highest BCUT2D eigenvalue weighted by Gasteiger charge is 2.11. The van der Waals surface area contributed by atoms with E-state index < -0.39 is 0 Å². The standard InChI is InChI=1S/C16H33NO/c1-14(2)11-13-17(6)15(18)10-8-7-9-12-16(3,4)5/h14H,7-13H2,1-6H3. The molecule has 0 saturated carbocycles. The molecule has 0 radical (unpaired) electrons. The summed E-state index contributed by atoms with van der Waals surface area (Å²) in [6, 6.07) is 0. The molecule has 2 heteroatoms. The highest BCUT2D eigenvalue weighted by atomic mass is 16.2. The second-order valence-corrected chi connectivity index (χ2v) is 7.12. The van der Waals surface area contributed by atoms with Gasteiger partial charge in [0.2, 0.25) is 5.91 Å². The van der Waals surface area contributed by atoms with Gasteiger partial charge in [-0.25, -0.2) is 0 Å². The van der Waals surface area contributed by atoms with Crippen molar-refractivity contribution in [1.29, 1.82) is 0 Å². The van der Waals surface area contributed by atoms with Crippen LogP contribution in [0.4, 0.5) is 0 Å². The van der Waals surface area contributed by atoms with Gasteiger partial charge in [-0.15, -0.1) is 0 Å². The zero-order valence-electron chi connectivity index (χ0n) is 13.4. The van der Waals surface area contributed by atoms with E-state index in [1.54, 1.807) is 0 Å². The minimum atomic E-state index is 0.311. The van der Waals surface area contributed by atoms with Crippen LogP contribution in [0.25, 0.3) is 0 Å². The van der Waals surface area contributed by atoms with E-state index in [-0.39, 0.29) is 0 Å². The SMILES string of the molecule is CC(C)CCN(C)C(=O)CCCCCC(C)(C)C. The molecule has 0 heterocycles. The Morgan fingerprint density at radius 2 is 1.72 bits per heavy atom. The van der Waals surface area contributed by atoms with E-state index in [0.29, 0.717) is 17.2 Å². The van der Waals surface area contributed by atoms with Gasteiger partial charge in [0.15, 0.2) is 0 Å². The molecule has 0 aromatic carbocycles. The van der Waals surface area contributed by atoms with Crippen molar-refractivity contribution in [3.63, 3.8) is 0 Å². The Morgan fingerprint density at radius 3 is 2.22 bits per heavy atom. The molecule has 0 unspecified atom stereocenters. The summed E-state index contributed by atoms with van der Waals surface area (Å²) in [4.78, 5) is 13.7. The molecule has 0 aliphatic carbocycles. The van der Waals surface area contributed by atoms with E-state index in [2.05, 4.69) is 34.6 Å². The molecule has 0 atom stereocenters. The zero-order chi connectivity index (χ0) is 14.2. The molecule has 108 valence electrons. The van der Waals surface area contributed by atoms with Crippen LogP contribution in [0.5, 0.6) is 0 Å². The van der Waals surface area contributed by atoms with Gasteiger partial charge in [-0.3, -0.25) is 4.79 Å². The van der Waals surface area contributed by atoms with Gasteiger partial charge in [-0.05, 0) is 30.6 Å². The summed E-state index contributed by atoms with van der Waals surface area (Å²) in [5, 5.41) is 0. The molecule has 0 aliphatic rings. The number of carbonyl (C=O) groups excluding carboxylic acids is 1. The van der Waals surface area contributed by atoms with Crippen LogP contribution in [-0.2, 0) is 4.79 Å². The van der Waals surface area contributed by atoms with E-state index in [9.17, 15) is 4.79 Å². The summed E-state index contributed by atoms with van der Waals surface area (Å²) in [5.74, 6) is 0.985. The lowest BCUT2D eigenvalue weighted by Gasteiger charge is -2.19. The lowest BCUT2D eigenvalue weighted by atomic mass is 9.89. The van der Waals surface area contributed by atoms with Crippen molar-refractivity contribution in [2.45, 2.75) is 73.1 Å². The largest absolute Gasteiger partial charge is 0.346 e. The number of hydrogen-bond acceptors (Lipinski definition) is 1. The van der Waals surface area contributed by atoms with Crippen LogP contribution in [0.15, 0.2) is 0 Å². The van der Waals surface area contributed by atoms with E-state index in [0.717, 1.165) is 25.8 Å².